The molecule has 2 atom stereocenters. The number of amides is 2. The van der Waals surface area contributed by atoms with Crippen LogP contribution in [0.5, 0.6) is 0 Å². The van der Waals surface area contributed by atoms with Crippen LogP contribution in [0.3, 0.4) is 0 Å². The number of nitrogen functional groups attached to an aromatic ring is 1. The quantitative estimate of drug-likeness (QED) is 0.150. The van der Waals surface area contributed by atoms with Gasteiger partial charge in [0.05, 0.1) is 5.56 Å². The molecule has 0 spiro atoms. The summed E-state index contributed by atoms with van der Waals surface area (Å²) in [6.07, 6.45) is 5.21. The van der Waals surface area contributed by atoms with E-state index in [2.05, 4.69) is 25.9 Å². The third-order valence-corrected chi connectivity index (χ3v) is 7.62. The number of pyridine rings is 1. The van der Waals surface area contributed by atoms with Crippen molar-refractivity contribution in [3.63, 3.8) is 0 Å². The highest BCUT2D eigenvalue weighted by Crippen LogP contribution is 2.40. The molecule has 0 radical (unpaired) electrons. The normalized spacial score (nSPS) is 19.3. The lowest BCUT2D eigenvalue weighted by molar-refractivity contribution is -0.662. The summed E-state index contributed by atoms with van der Waals surface area (Å²) in [7, 11) is 1.25. The van der Waals surface area contributed by atoms with Gasteiger partial charge in [-0.25, -0.2) is 13.8 Å². The minimum atomic E-state index is -1.24. The number of nitrogens with one attached hydrogen (secondary N) is 1. The molecule has 188 valence electrons. The summed E-state index contributed by atoms with van der Waals surface area (Å²) in [5.74, 6) is -2.27. The number of β-lactam (4-membered cyclic amide) rings is 1. The molecule has 0 unspecified atom stereocenters. The van der Waals surface area contributed by atoms with Crippen LogP contribution in [-0.4, -0.2) is 71.5 Å². The van der Waals surface area contributed by atoms with Crippen LogP contribution in [0.4, 0.5) is 5.13 Å². The van der Waals surface area contributed by atoms with Crippen LogP contribution in [0.1, 0.15) is 11.4 Å². The maximum absolute atomic E-state index is 13.0. The van der Waals surface area contributed by atoms with Gasteiger partial charge in [-0.2, -0.15) is 14.6 Å². The Hall–Kier alpha value is -4.49. The molecule has 0 aliphatic carbocycles. The Bertz CT molecular complexity index is 1550. The number of nitriles is 1. The Morgan fingerprint density at radius 2 is 2.27 bits per heavy atom. The molecule has 5 heterocycles. The number of aromatic nitrogens is 4. The standard InChI is InChI=1S/C21H17N9O5S2/c1-35-26-13(16-25-21(23)37-27-16)17(31)24-14-18(32)30-15(20(33)34)11(9-36-19(14)30)8-29-5-4-28-7-10(6-22)2-3-12(28)29/h2-5,7,14,19H,8-9H2,1H3,(H3-,23,24,25,27,31,33,34)/p+1/b26-13-/t14-,19+/m1/s1. The molecule has 0 bridgehead atoms. The molecule has 2 aliphatic heterocycles. The van der Waals surface area contributed by atoms with Crippen molar-refractivity contribution in [2.24, 2.45) is 5.16 Å². The molecule has 1 fully saturated rings. The van der Waals surface area contributed by atoms with Gasteiger partial charge in [-0.3, -0.25) is 14.5 Å². The second-order valence-corrected chi connectivity index (χ2v) is 9.81. The first-order valence-electron chi connectivity index (χ1n) is 10.6. The zero-order valence-corrected chi connectivity index (χ0v) is 20.7. The molecule has 5 rings (SSSR count). The highest BCUT2D eigenvalue weighted by atomic mass is 32.2. The molecule has 16 heteroatoms. The van der Waals surface area contributed by atoms with E-state index in [1.54, 1.807) is 35.1 Å². The van der Waals surface area contributed by atoms with E-state index in [9.17, 15) is 19.5 Å². The van der Waals surface area contributed by atoms with Gasteiger partial charge in [0.1, 0.15) is 55.4 Å². The van der Waals surface area contributed by atoms with Gasteiger partial charge < -0.3 is 21.0 Å². The Labute approximate surface area is 216 Å². The minimum Gasteiger partial charge on any atom is -0.477 e. The van der Waals surface area contributed by atoms with E-state index in [0.717, 1.165) is 17.2 Å². The Balaban J connectivity index is 1.37. The molecular weight excluding hydrogens is 522 g/mol. The second-order valence-electron chi connectivity index (χ2n) is 7.92. The lowest BCUT2D eigenvalue weighted by atomic mass is 10.0. The number of nitrogens with two attached hydrogens (primary N) is 1. The Morgan fingerprint density at radius 3 is 2.95 bits per heavy atom. The van der Waals surface area contributed by atoms with Crippen LogP contribution < -0.4 is 15.6 Å². The van der Waals surface area contributed by atoms with Gasteiger partial charge in [0.15, 0.2) is 5.13 Å². The number of hydrogen-bond acceptors (Lipinski definition) is 11. The number of carboxylic acids is 1. The lowest BCUT2D eigenvalue weighted by Crippen LogP contribution is -2.71. The number of aliphatic carboxylic acids is 1. The number of thioether (sulfide) groups is 1. The largest absolute Gasteiger partial charge is 0.477 e. The van der Waals surface area contributed by atoms with Crippen molar-refractivity contribution in [1.29, 1.82) is 5.26 Å². The van der Waals surface area contributed by atoms with Gasteiger partial charge in [0.25, 0.3) is 17.5 Å². The predicted octanol–water partition coefficient (Wildman–Crippen LogP) is -0.679. The van der Waals surface area contributed by atoms with E-state index in [-0.39, 0.29) is 28.9 Å². The maximum atomic E-state index is 13.0. The van der Waals surface area contributed by atoms with E-state index in [4.69, 9.17) is 15.8 Å². The van der Waals surface area contributed by atoms with Crippen molar-refractivity contribution in [2.75, 3.05) is 18.6 Å². The van der Waals surface area contributed by atoms with Crippen LogP contribution >= 0.6 is 23.3 Å². The Morgan fingerprint density at radius 1 is 1.46 bits per heavy atom. The topological polar surface area (TPSA) is 192 Å². The lowest BCUT2D eigenvalue weighted by Gasteiger charge is -2.49. The zero-order chi connectivity index (χ0) is 26.3. The van der Waals surface area contributed by atoms with Gasteiger partial charge in [-0.1, -0.05) is 5.16 Å². The molecule has 2 aliphatic rings. The molecule has 2 amide bonds. The van der Waals surface area contributed by atoms with Gasteiger partial charge in [-0.05, 0) is 6.07 Å². The van der Waals surface area contributed by atoms with Crippen LogP contribution in [0, 0.1) is 11.3 Å². The molecular formula is C21H18N9O5S2+. The third-order valence-electron chi connectivity index (χ3n) is 5.73. The summed E-state index contributed by atoms with van der Waals surface area (Å²) in [4.78, 5) is 47.9. The molecule has 3 aromatic heterocycles. The van der Waals surface area contributed by atoms with Crippen LogP contribution in [0.2, 0.25) is 0 Å². The van der Waals surface area contributed by atoms with E-state index >= 15 is 0 Å². The van der Waals surface area contributed by atoms with Crippen LogP contribution in [0.25, 0.3) is 5.65 Å². The summed E-state index contributed by atoms with van der Waals surface area (Å²) in [5.41, 5.74) is 7.00. The third kappa shape index (κ3) is 4.23. The second kappa shape index (κ2) is 9.52. The number of anilines is 1. The first kappa shape index (κ1) is 24.2. The molecule has 37 heavy (non-hydrogen) atoms. The average Bonchev–Trinajstić information content (AvgIpc) is 3.50. The summed E-state index contributed by atoms with van der Waals surface area (Å²) >= 11 is 2.21. The van der Waals surface area contributed by atoms with Crippen molar-refractivity contribution < 1.29 is 28.9 Å². The summed E-state index contributed by atoms with van der Waals surface area (Å²) < 4.78 is 7.55. The predicted molar refractivity (Wildman–Crippen MR) is 130 cm³/mol. The van der Waals surface area contributed by atoms with Gasteiger partial charge in [0.2, 0.25) is 11.5 Å². The fourth-order valence-corrected chi connectivity index (χ4v) is 5.90. The van der Waals surface area contributed by atoms with Crippen molar-refractivity contribution in [2.45, 2.75) is 18.0 Å². The van der Waals surface area contributed by atoms with Crippen molar-refractivity contribution >= 4 is 57.6 Å². The molecule has 4 N–H and O–H groups in total. The number of imidazole rings is 1. The monoisotopic (exact) mass is 540 g/mol. The van der Waals surface area contributed by atoms with E-state index in [0.29, 0.717) is 16.9 Å². The fraction of sp³-hybridized carbons (Fsp3) is 0.238. The fourth-order valence-electron chi connectivity index (χ4n) is 4.13. The number of carbonyl (C=O) groups is 3. The first-order chi connectivity index (χ1) is 17.8. The highest BCUT2D eigenvalue weighted by molar-refractivity contribution is 8.00. The number of fused-ring (bicyclic) bond motifs is 2. The molecule has 0 aromatic carbocycles. The summed E-state index contributed by atoms with van der Waals surface area (Å²) in [6, 6.07) is 4.54. The van der Waals surface area contributed by atoms with Crippen molar-refractivity contribution in [3.05, 3.63) is 53.4 Å². The number of nitrogens with zero attached hydrogens (tertiary/aromatic N) is 7. The number of hydrogen-bond donors (Lipinski definition) is 3. The summed E-state index contributed by atoms with van der Waals surface area (Å²) in [5, 5.41) is 24.8. The summed E-state index contributed by atoms with van der Waals surface area (Å²) in [6.45, 7) is 0.228. The smallest absolute Gasteiger partial charge is 0.352 e. The zero-order valence-electron chi connectivity index (χ0n) is 19.1. The van der Waals surface area contributed by atoms with Crippen molar-refractivity contribution in [3.8, 4) is 6.07 Å². The Kier molecular flexibility index (Phi) is 6.23. The number of carbonyl (C=O) groups excluding carboxylic acids is 2. The molecule has 14 nitrogen and oxygen atoms in total. The van der Waals surface area contributed by atoms with Crippen LogP contribution in [-0.2, 0) is 25.8 Å². The molecule has 0 saturated carbocycles. The van der Waals surface area contributed by atoms with E-state index < -0.39 is 29.2 Å². The maximum Gasteiger partial charge on any atom is 0.352 e. The van der Waals surface area contributed by atoms with Gasteiger partial charge >= 0.3 is 5.97 Å². The first-order valence-corrected chi connectivity index (χ1v) is 12.5. The molecule has 3 aromatic rings. The number of oxime groups is 1. The van der Waals surface area contributed by atoms with Gasteiger partial charge in [-0.15, -0.1) is 11.8 Å². The minimum absolute atomic E-state index is 0.0473. The number of rotatable bonds is 7. The van der Waals surface area contributed by atoms with Crippen LogP contribution in [0.15, 0.2) is 47.1 Å². The molecule has 1 saturated heterocycles. The average molecular weight is 541 g/mol. The van der Waals surface area contributed by atoms with E-state index in [1.807, 2.05) is 4.57 Å². The van der Waals surface area contributed by atoms with E-state index in [1.165, 1.54) is 23.8 Å². The number of carboxylic acid groups (broad SMARTS) is 1. The highest BCUT2D eigenvalue weighted by Gasteiger charge is 2.54. The van der Waals surface area contributed by atoms with Gasteiger partial charge in [0, 0.05) is 28.9 Å². The SMILES string of the molecule is CO/N=C(\C(=O)N[C@@H]1C(=O)N2C(C(=O)O)=C(C[n+]3ccn4cc(C#N)ccc43)CS[C@@H]12)c1nsc(N)n1. The van der Waals surface area contributed by atoms with Crippen molar-refractivity contribution in [1.82, 2.24) is 24.0 Å².